The second-order valence-corrected chi connectivity index (χ2v) is 25.3. The average molecular weight is 1430 g/mol. The highest BCUT2D eigenvalue weighted by Gasteiger charge is 2.21. The fraction of sp³-hybridized carbons (Fsp3) is 0.543. The molecule has 0 heterocycles. The molecule has 0 bridgehead atoms. The van der Waals surface area contributed by atoms with Crippen molar-refractivity contribution in [2.45, 2.75) is 88.0 Å². The lowest BCUT2D eigenvalue weighted by Gasteiger charge is -2.26. The van der Waals surface area contributed by atoms with Crippen molar-refractivity contribution >= 4 is 70.8 Å². The number of benzene rings is 4. The van der Waals surface area contributed by atoms with Crippen molar-refractivity contribution in [1.29, 1.82) is 0 Å². The molecule has 4 aromatic rings. The van der Waals surface area contributed by atoms with Gasteiger partial charge in [0, 0.05) is 102 Å². The van der Waals surface area contributed by atoms with E-state index in [9.17, 15) is 38.4 Å². The Morgan fingerprint density at radius 1 is 0.360 bits per heavy atom. The van der Waals surface area contributed by atoms with Crippen LogP contribution in [0, 0.1) is 0 Å². The summed E-state index contributed by atoms with van der Waals surface area (Å²) in [5.74, 6) is -1.02. The molecule has 0 spiro atoms. The normalized spacial score (nSPS) is 11.8. The molecule has 0 radical (unpaired) electrons. The lowest BCUT2D eigenvalue weighted by Crippen LogP contribution is -2.50. The Balaban J connectivity index is 1.31. The summed E-state index contributed by atoms with van der Waals surface area (Å²) in [5, 5.41) is 11.7. The Morgan fingerprint density at radius 2 is 0.670 bits per heavy atom. The largest absolute Gasteiger partial charge is 0.379 e. The molecular weight excluding hydrogens is 1320 g/mol. The van der Waals surface area contributed by atoms with E-state index in [1.165, 1.54) is 23.5 Å². The number of rotatable bonds is 57. The maximum absolute atomic E-state index is 13.7. The predicted octanol–water partition coefficient (Wildman–Crippen LogP) is 0.714. The summed E-state index contributed by atoms with van der Waals surface area (Å²) < 4.78 is 33.3. The van der Waals surface area contributed by atoms with Crippen LogP contribution < -0.4 is 65.9 Å². The van der Waals surface area contributed by atoms with Gasteiger partial charge in [-0.25, -0.2) is 0 Å². The van der Waals surface area contributed by atoms with Gasteiger partial charge in [0.2, 0.25) is 35.4 Å². The molecule has 0 aliphatic carbocycles. The third kappa shape index (κ3) is 43.5. The van der Waals surface area contributed by atoms with Crippen molar-refractivity contribution in [2.75, 3.05) is 156 Å². The third-order valence-corrected chi connectivity index (χ3v) is 17.0. The van der Waals surface area contributed by atoms with Crippen LogP contribution >= 0.6 is 23.5 Å². The number of hydrogen-bond acceptors (Lipinski definition) is 22. The van der Waals surface area contributed by atoms with Gasteiger partial charge in [-0.2, -0.15) is 23.5 Å². The number of ether oxygens (including phenoxy) is 6. The number of carbonyl (C=O) groups excluding carboxylic acids is 8. The Labute approximate surface area is 597 Å². The molecule has 0 fully saturated rings. The zero-order chi connectivity index (χ0) is 71.9. The number of hydrogen-bond donors (Lipinski definition) is 12. The van der Waals surface area contributed by atoms with E-state index in [-0.39, 0.29) is 101 Å². The van der Waals surface area contributed by atoms with E-state index in [1.54, 1.807) is 9.80 Å². The number of carbonyl (C=O) groups is 8. The fourth-order valence-electron chi connectivity index (χ4n) is 9.05. The second-order valence-electron chi connectivity index (χ2n) is 23.3. The molecule has 16 N–H and O–H groups in total. The van der Waals surface area contributed by atoms with Crippen LogP contribution in [0.4, 0.5) is 0 Å². The molecule has 2 atom stereocenters. The fourth-order valence-corrected chi connectivity index (χ4v) is 11.0. The summed E-state index contributed by atoms with van der Waals surface area (Å²) >= 11 is 3.05. The number of amides is 8. The van der Waals surface area contributed by atoms with Gasteiger partial charge in [0.1, 0.15) is 0 Å². The van der Waals surface area contributed by atoms with Crippen LogP contribution in [0.1, 0.15) is 71.9 Å². The molecule has 8 amide bonds. The molecule has 100 heavy (non-hydrogen) atoms. The first-order chi connectivity index (χ1) is 48.7. The minimum atomic E-state index is -0.805. The maximum atomic E-state index is 13.7. The third-order valence-electron chi connectivity index (χ3n) is 14.7. The molecule has 0 saturated heterocycles. The van der Waals surface area contributed by atoms with E-state index in [4.69, 9.17) is 51.4 Å². The smallest absolute Gasteiger partial charge is 0.256 e. The molecule has 554 valence electrons. The molecule has 0 unspecified atom stereocenters. The quantitative estimate of drug-likeness (QED) is 0.0214. The standard InChI is InChI=1S/C70H108N14O14S2/c71-27-7-33-93-37-41-97-43-39-95-35-9-29-75-65(87)47-83(49-67(89)77-45-57-19-15-55(16-20-57)23-25-63(85)79-81-69(91)61(73)53-99-51-59-11-3-1-4-12-59)31-32-84(48-66(88)76-30-10-36-96-40-44-98-42-38-94-34-8-28-72)50-68(90)78-46-58-21-17-56(18-22-58)24-26-64(86)80-82-70(92)62(74)54-100-52-60-13-5-2-6-14-60/h1-6,11-22,61-62H,7-10,23-54,71-74H2,(H,75,87)(H,76,88)(H,77,89)(H,78,90)(H,79,85)(H,80,86)(H,81,91)(H,82,92)/t61-,62-/m1/s1. The van der Waals surface area contributed by atoms with Gasteiger partial charge in [0.05, 0.1) is 91.1 Å². The van der Waals surface area contributed by atoms with Crippen molar-refractivity contribution in [1.82, 2.24) is 52.8 Å². The van der Waals surface area contributed by atoms with Gasteiger partial charge in [0.15, 0.2) is 0 Å². The molecular formula is C70H108N14O14S2. The van der Waals surface area contributed by atoms with E-state index >= 15 is 0 Å². The van der Waals surface area contributed by atoms with Crippen molar-refractivity contribution in [3.8, 4) is 0 Å². The van der Waals surface area contributed by atoms with Crippen molar-refractivity contribution in [3.63, 3.8) is 0 Å². The van der Waals surface area contributed by atoms with Crippen molar-refractivity contribution in [3.05, 3.63) is 143 Å². The van der Waals surface area contributed by atoms with E-state index in [0.29, 0.717) is 154 Å². The zero-order valence-corrected chi connectivity index (χ0v) is 59.4. The topological polar surface area (TPSA) is 399 Å². The van der Waals surface area contributed by atoms with Crippen LogP contribution in [-0.4, -0.2) is 225 Å². The summed E-state index contributed by atoms with van der Waals surface area (Å²) in [6, 6.07) is 32.8. The second kappa shape index (κ2) is 55.5. The lowest BCUT2D eigenvalue weighted by molar-refractivity contribution is -0.129. The Morgan fingerprint density at radius 3 is 1.01 bits per heavy atom. The van der Waals surface area contributed by atoms with Gasteiger partial charge in [0.25, 0.3) is 11.8 Å². The molecule has 28 nitrogen and oxygen atoms in total. The molecule has 30 heteroatoms. The highest BCUT2D eigenvalue weighted by molar-refractivity contribution is 7.98. The predicted molar refractivity (Wildman–Crippen MR) is 387 cm³/mol. The summed E-state index contributed by atoms with van der Waals surface area (Å²) in [5.41, 5.74) is 38.3. The molecule has 4 rings (SSSR count). The van der Waals surface area contributed by atoms with Crippen LogP contribution in [-0.2, 0) is 104 Å². The van der Waals surface area contributed by atoms with Crippen LogP contribution in [0.5, 0.6) is 0 Å². The Kier molecular flexibility index (Phi) is 47.4. The lowest BCUT2D eigenvalue weighted by atomic mass is 10.1. The number of nitrogens with zero attached hydrogens (tertiary/aromatic N) is 2. The van der Waals surface area contributed by atoms with Gasteiger partial charge in [-0.1, -0.05) is 109 Å². The molecule has 0 aromatic heterocycles. The van der Waals surface area contributed by atoms with E-state index in [2.05, 4.69) is 43.0 Å². The molecule has 0 saturated carbocycles. The number of hydrazine groups is 2. The summed E-state index contributed by atoms with van der Waals surface area (Å²) in [7, 11) is 0. The number of thioether (sulfide) groups is 2. The number of nitrogens with one attached hydrogen (secondary N) is 8. The number of aryl methyl sites for hydroxylation is 2. The first-order valence-corrected chi connectivity index (χ1v) is 36.5. The highest BCUT2D eigenvalue weighted by atomic mass is 32.2. The summed E-state index contributed by atoms with van der Waals surface area (Å²) in [6.07, 6.45) is 3.57. The van der Waals surface area contributed by atoms with Gasteiger partial charge in [-0.05, 0) is 85.0 Å². The van der Waals surface area contributed by atoms with Crippen LogP contribution in [0.15, 0.2) is 109 Å². The van der Waals surface area contributed by atoms with Crippen molar-refractivity contribution < 1.29 is 66.8 Å². The first-order valence-electron chi connectivity index (χ1n) is 34.1. The van der Waals surface area contributed by atoms with Crippen LogP contribution in [0.25, 0.3) is 0 Å². The molecule has 0 aliphatic rings. The van der Waals surface area contributed by atoms with Gasteiger partial charge >= 0.3 is 0 Å². The molecule has 4 aromatic carbocycles. The minimum absolute atomic E-state index is 0.0978. The first kappa shape index (κ1) is 85.3. The van der Waals surface area contributed by atoms with Gasteiger partial charge < -0.3 is 72.6 Å². The summed E-state index contributed by atoms with van der Waals surface area (Å²) in [6.45, 7) is 6.78. The number of nitrogens with two attached hydrogens (primary N) is 4. The van der Waals surface area contributed by atoms with E-state index < -0.39 is 23.9 Å². The van der Waals surface area contributed by atoms with Gasteiger partial charge in [-0.15, -0.1) is 0 Å². The van der Waals surface area contributed by atoms with Crippen LogP contribution in [0.3, 0.4) is 0 Å². The van der Waals surface area contributed by atoms with E-state index in [1.807, 2.05) is 109 Å². The average Bonchev–Trinajstić information content (AvgIpc) is 0.977. The Bertz CT molecular complexity index is 2710. The highest BCUT2D eigenvalue weighted by Crippen LogP contribution is 2.14. The molecule has 0 aliphatic heterocycles. The van der Waals surface area contributed by atoms with Crippen LogP contribution in [0.2, 0.25) is 0 Å². The minimum Gasteiger partial charge on any atom is -0.379 e. The zero-order valence-electron chi connectivity index (χ0n) is 57.7. The summed E-state index contributed by atoms with van der Waals surface area (Å²) in [4.78, 5) is 108. The van der Waals surface area contributed by atoms with E-state index in [0.717, 1.165) is 46.2 Å². The maximum Gasteiger partial charge on any atom is 0.256 e. The van der Waals surface area contributed by atoms with Gasteiger partial charge in [-0.3, -0.25) is 69.9 Å². The SMILES string of the molecule is NCCCOCCOCCOCCCNC(=O)CN(CCN(CC(=O)NCCCOCCOCCOCCCN)CC(=O)NCc1ccc(CCC(=O)NNC(=O)[C@H](N)CSCc2ccccc2)cc1)CC(=O)NCc1ccc(CCC(=O)NNC(=O)[C@H](N)CSCc2ccccc2)cc1. The van der Waals surface area contributed by atoms with Crippen molar-refractivity contribution in [2.24, 2.45) is 22.9 Å². The monoisotopic (exact) mass is 1430 g/mol. The Hall–Kier alpha value is -7.14.